The zero-order chi connectivity index (χ0) is 20.0. The minimum absolute atomic E-state index is 0.0219. The van der Waals surface area contributed by atoms with Gasteiger partial charge in [0.05, 0.1) is 10.5 Å². The van der Waals surface area contributed by atoms with Gasteiger partial charge in [-0.2, -0.15) is 0 Å². The van der Waals surface area contributed by atoms with E-state index < -0.39 is 33.8 Å². The number of urea groups is 1. The molecule has 2 aromatic rings. The van der Waals surface area contributed by atoms with Crippen molar-refractivity contribution in [3.8, 4) is 0 Å². The molecule has 0 fully saturated rings. The quantitative estimate of drug-likeness (QED) is 0.754. The first-order valence-electron chi connectivity index (χ1n) is 7.85. The molecule has 0 aliphatic heterocycles. The Balaban J connectivity index is 1.95. The maximum Gasteiger partial charge on any atom is 0.338 e. The van der Waals surface area contributed by atoms with Gasteiger partial charge in [-0.25, -0.2) is 18.0 Å². The van der Waals surface area contributed by atoms with Crippen molar-refractivity contribution in [2.24, 2.45) is 0 Å². The average molecular weight is 390 g/mol. The average Bonchev–Trinajstić information content (AvgIpc) is 2.61. The van der Waals surface area contributed by atoms with Crippen LogP contribution >= 0.6 is 0 Å². The molecule has 9 heteroatoms. The summed E-state index contributed by atoms with van der Waals surface area (Å²) >= 11 is 0. The Morgan fingerprint density at radius 1 is 1.00 bits per heavy atom. The van der Waals surface area contributed by atoms with Gasteiger partial charge < -0.3 is 10.1 Å². The molecule has 0 saturated heterocycles. The van der Waals surface area contributed by atoms with E-state index in [1.54, 1.807) is 30.3 Å². The summed E-state index contributed by atoms with van der Waals surface area (Å²) in [4.78, 5) is 35.9. The number of rotatable bonds is 5. The second kappa shape index (κ2) is 8.45. The number of nitrogens with one attached hydrogen (secondary N) is 2. The topological polar surface area (TPSA) is 119 Å². The second-order valence-corrected chi connectivity index (χ2v) is 7.67. The summed E-state index contributed by atoms with van der Waals surface area (Å²) in [7, 11) is -3.49. The highest BCUT2D eigenvalue weighted by molar-refractivity contribution is 7.90. The highest BCUT2D eigenvalue weighted by atomic mass is 32.2. The van der Waals surface area contributed by atoms with Gasteiger partial charge in [0.15, 0.2) is 15.9 Å². The van der Waals surface area contributed by atoms with Crippen LogP contribution in [0.25, 0.3) is 0 Å². The van der Waals surface area contributed by atoms with E-state index in [0.717, 1.165) is 12.3 Å². The molecule has 0 radical (unpaired) electrons. The summed E-state index contributed by atoms with van der Waals surface area (Å²) in [6, 6.07) is 13.0. The zero-order valence-electron chi connectivity index (χ0n) is 14.6. The molecule has 0 aromatic heterocycles. The summed E-state index contributed by atoms with van der Waals surface area (Å²) in [5.74, 6) is -1.71. The Kier molecular flexibility index (Phi) is 6.30. The Hall–Kier alpha value is -3.20. The van der Waals surface area contributed by atoms with Crippen LogP contribution in [0.15, 0.2) is 59.5 Å². The van der Waals surface area contributed by atoms with Crippen LogP contribution in [0.4, 0.5) is 10.5 Å². The maximum atomic E-state index is 12.1. The number of hydrogen-bond acceptors (Lipinski definition) is 6. The van der Waals surface area contributed by atoms with E-state index in [1.807, 2.05) is 0 Å². The minimum atomic E-state index is -3.49. The standard InChI is InChI=1S/C18H18N2O6S/c1-12(16(21)20-18(23)19-14-8-4-3-5-9-14)26-17(22)13-7-6-10-15(11-13)27(2,24)25/h3-12H,1-2H3,(H2,19,20,21,23). The summed E-state index contributed by atoms with van der Waals surface area (Å²) in [6.07, 6.45) is -0.250. The molecule has 27 heavy (non-hydrogen) atoms. The van der Waals surface area contributed by atoms with Crippen molar-refractivity contribution >= 4 is 33.4 Å². The molecule has 0 aliphatic rings. The fourth-order valence-corrected chi connectivity index (χ4v) is 2.70. The van der Waals surface area contributed by atoms with E-state index in [9.17, 15) is 22.8 Å². The molecule has 0 bridgehead atoms. The van der Waals surface area contributed by atoms with Gasteiger partial charge in [0.1, 0.15) is 0 Å². The molecule has 2 N–H and O–H groups in total. The van der Waals surface area contributed by atoms with Crippen molar-refractivity contribution in [2.75, 3.05) is 11.6 Å². The Morgan fingerprint density at radius 2 is 1.67 bits per heavy atom. The molecule has 142 valence electrons. The third-order valence-electron chi connectivity index (χ3n) is 3.42. The third-order valence-corrected chi connectivity index (χ3v) is 4.53. The SMILES string of the molecule is CC(OC(=O)c1cccc(S(C)(=O)=O)c1)C(=O)NC(=O)Nc1ccccc1. The molecule has 2 aromatic carbocycles. The van der Waals surface area contributed by atoms with Crippen LogP contribution < -0.4 is 10.6 Å². The van der Waals surface area contributed by atoms with Crippen LogP contribution in [0.1, 0.15) is 17.3 Å². The fourth-order valence-electron chi connectivity index (χ4n) is 2.03. The molecule has 0 heterocycles. The monoisotopic (exact) mass is 390 g/mol. The number of hydrogen-bond donors (Lipinski definition) is 2. The smallest absolute Gasteiger partial charge is 0.338 e. The molecule has 0 aliphatic carbocycles. The molecule has 3 amide bonds. The van der Waals surface area contributed by atoms with Crippen molar-refractivity contribution in [1.29, 1.82) is 0 Å². The number of benzene rings is 2. The predicted molar refractivity (Wildman–Crippen MR) is 98.0 cm³/mol. The van der Waals surface area contributed by atoms with Crippen LogP contribution in [0, 0.1) is 0 Å². The number of anilines is 1. The van der Waals surface area contributed by atoms with E-state index >= 15 is 0 Å². The van der Waals surface area contributed by atoms with Gasteiger partial charge in [-0.1, -0.05) is 24.3 Å². The molecular formula is C18H18N2O6S. The van der Waals surface area contributed by atoms with E-state index in [2.05, 4.69) is 10.6 Å². The summed E-state index contributed by atoms with van der Waals surface area (Å²) in [5, 5.41) is 4.52. The van der Waals surface area contributed by atoms with E-state index in [0.29, 0.717) is 5.69 Å². The lowest BCUT2D eigenvalue weighted by molar-refractivity contribution is -0.127. The lowest BCUT2D eigenvalue weighted by Gasteiger charge is -2.13. The van der Waals surface area contributed by atoms with E-state index in [4.69, 9.17) is 4.74 Å². The molecule has 1 unspecified atom stereocenters. The Labute approximate surface area is 156 Å². The normalized spacial score (nSPS) is 11.9. The van der Waals surface area contributed by atoms with Crippen LogP contribution in [-0.4, -0.2) is 38.7 Å². The number of imide groups is 1. The predicted octanol–water partition coefficient (Wildman–Crippen LogP) is 1.98. The highest BCUT2D eigenvalue weighted by Gasteiger charge is 2.21. The number of para-hydroxylation sites is 1. The molecule has 2 rings (SSSR count). The first-order chi connectivity index (χ1) is 12.7. The molecule has 1 atom stereocenters. The fraction of sp³-hybridized carbons (Fsp3) is 0.167. The summed E-state index contributed by atoms with van der Waals surface area (Å²) in [6.45, 7) is 1.30. The maximum absolute atomic E-state index is 12.1. The van der Waals surface area contributed by atoms with Crippen LogP contribution in [0.3, 0.4) is 0 Å². The van der Waals surface area contributed by atoms with Crippen LogP contribution in [-0.2, 0) is 19.4 Å². The van der Waals surface area contributed by atoms with Gasteiger partial charge in [-0.15, -0.1) is 0 Å². The van der Waals surface area contributed by atoms with Crippen molar-refractivity contribution in [3.63, 3.8) is 0 Å². The molecular weight excluding hydrogens is 372 g/mol. The number of ether oxygens (including phenoxy) is 1. The number of carbonyl (C=O) groups is 3. The van der Waals surface area contributed by atoms with Crippen molar-refractivity contribution in [3.05, 3.63) is 60.2 Å². The number of amides is 3. The lowest BCUT2D eigenvalue weighted by Crippen LogP contribution is -2.41. The van der Waals surface area contributed by atoms with Gasteiger partial charge >= 0.3 is 12.0 Å². The largest absolute Gasteiger partial charge is 0.449 e. The minimum Gasteiger partial charge on any atom is -0.449 e. The first-order valence-corrected chi connectivity index (χ1v) is 9.74. The van der Waals surface area contributed by atoms with Gasteiger partial charge in [0.25, 0.3) is 5.91 Å². The lowest BCUT2D eigenvalue weighted by atomic mass is 10.2. The van der Waals surface area contributed by atoms with Crippen LogP contribution in [0.5, 0.6) is 0 Å². The highest BCUT2D eigenvalue weighted by Crippen LogP contribution is 2.13. The molecule has 8 nitrogen and oxygen atoms in total. The van der Waals surface area contributed by atoms with Crippen molar-refractivity contribution in [1.82, 2.24) is 5.32 Å². The van der Waals surface area contributed by atoms with Crippen molar-refractivity contribution in [2.45, 2.75) is 17.9 Å². The first kappa shape index (κ1) is 20.1. The van der Waals surface area contributed by atoms with Gasteiger partial charge in [-0.3, -0.25) is 10.1 Å². The van der Waals surface area contributed by atoms with Gasteiger partial charge in [0.2, 0.25) is 0 Å². The Morgan fingerprint density at radius 3 is 2.30 bits per heavy atom. The van der Waals surface area contributed by atoms with Crippen LogP contribution in [0.2, 0.25) is 0 Å². The third kappa shape index (κ3) is 5.93. The number of sulfone groups is 1. The van der Waals surface area contributed by atoms with Gasteiger partial charge in [0, 0.05) is 11.9 Å². The molecule has 0 spiro atoms. The second-order valence-electron chi connectivity index (χ2n) is 5.66. The van der Waals surface area contributed by atoms with E-state index in [1.165, 1.54) is 25.1 Å². The summed E-state index contributed by atoms with van der Waals surface area (Å²) < 4.78 is 28.1. The van der Waals surface area contributed by atoms with Gasteiger partial charge in [-0.05, 0) is 37.3 Å². The zero-order valence-corrected chi connectivity index (χ0v) is 15.4. The summed E-state index contributed by atoms with van der Waals surface area (Å²) in [5.41, 5.74) is 0.469. The number of esters is 1. The van der Waals surface area contributed by atoms with Crippen molar-refractivity contribution < 1.29 is 27.5 Å². The van der Waals surface area contributed by atoms with E-state index in [-0.39, 0.29) is 10.5 Å². The Bertz CT molecular complexity index is 957. The molecule has 0 saturated carbocycles. The number of carbonyl (C=O) groups excluding carboxylic acids is 3.